The molecule has 0 spiro atoms. The van der Waals surface area contributed by atoms with E-state index in [2.05, 4.69) is 15.4 Å². The number of anilines is 1. The minimum Gasteiger partial charge on any atom is -0.497 e. The molecule has 2 aromatic heterocycles. The van der Waals surface area contributed by atoms with Gasteiger partial charge >= 0.3 is 0 Å². The number of nitrogens with zero attached hydrogens (tertiary/aromatic N) is 3. The number of carbonyl (C=O) groups excluding carboxylic acids is 1. The number of fused-ring (bicyclic) bond motifs is 1. The van der Waals surface area contributed by atoms with Crippen molar-refractivity contribution in [3.63, 3.8) is 0 Å². The molecule has 2 heterocycles. The number of rotatable bonds is 7. The molecule has 2 aromatic carbocycles. The lowest BCUT2D eigenvalue weighted by molar-refractivity contribution is -0.117. The first-order valence-corrected chi connectivity index (χ1v) is 10.9. The Hall–Kier alpha value is -3.72. The number of thiazole rings is 1. The zero-order valence-corrected chi connectivity index (χ0v) is 18.7. The topological polar surface area (TPSA) is 95.3 Å². The van der Waals surface area contributed by atoms with Gasteiger partial charge in [0.25, 0.3) is 5.56 Å². The molecule has 0 saturated heterocycles. The highest BCUT2D eigenvalue weighted by atomic mass is 32.1. The summed E-state index contributed by atoms with van der Waals surface area (Å²) < 4.78 is 12.5. The predicted molar refractivity (Wildman–Crippen MR) is 125 cm³/mol. The number of amides is 1. The smallest absolute Gasteiger partial charge is 0.294 e. The van der Waals surface area contributed by atoms with Gasteiger partial charge in [0.05, 0.1) is 23.4 Å². The fourth-order valence-corrected chi connectivity index (χ4v) is 4.17. The zero-order chi connectivity index (χ0) is 22.7. The van der Waals surface area contributed by atoms with Crippen LogP contribution in [-0.4, -0.2) is 34.4 Å². The van der Waals surface area contributed by atoms with Gasteiger partial charge in [0.1, 0.15) is 23.7 Å². The molecular formula is C23H22N4O4S. The maximum Gasteiger partial charge on any atom is 0.294 e. The van der Waals surface area contributed by atoms with E-state index in [4.69, 9.17) is 9.47 Å². The molecule has 0 aliphatic rings. The Bertz CT molecular complexity index is 1310. The third-order valence-corrected chi connectivity index (χ3v) is 5.69. The summed E-state index contributed by atoms with van der Waals surface area (Å²) in [5.41, 5.74) is 1.92. The van der Waals surface area contributed by atoms with Crippen molar-refractivity contribution in [2.24, 2.45) is 0 Å². The van der Waals surface area contributed by atoms with Gasteiger partial charge in [0.2, 0.25) is 5.91 Å². The molecule has 1 N–H and O–H groups in total. The molecule has 32 heavy (non-hydrogen) atoms. The number of benzene rings is 2. The van der Waals surface area contributed by atoms with Crippen LogP contribution in [0.4, 0.5) is 5.69 Å². The van der Waals surface area contributed by atoms with E-state index < -0.39 is 5.56 Å². The second-order valence-electron chi connectivity index (χ2n) is 6.96. The van der Waals surface area contributed by atoms with Crippen molar-refractivity contribution in [3.8, 4) is 22.8 Å². The first-order chi connectivity index (χ1) is 15.5. The summed E-state index contributed by atoms with van der Waals surface area (Å²) in [7, 11) is 1.60. The normalized spacial score (nSPS) is 10.8. The highest BCUT2D eigenvalue weighted by molar-refractivity contribution is 7.19. The Morgan fingerprint density at radius 3 is 2.44 bits per heavy atom. The van der Waals surface area contributed by atoms with Crippen LogP contribution in [0.5, 0.6) is 11.5 Å². The van der Waals surface area contributed by atoms with E-state index in [0.717, 1.165) is 21.0 Å². The Kier molecular flexibility index (Phi) is 6.18. The Morgan fingerprint density at radius 1 is 1.09 bits per heavy atom. The minimum atomic E-state index is -0.400. The van der Waals surface area contributed by atoms with Crippen LogP contribution in [0.25, 0.3) is 21.5 Å². The fourth-order valence-electron chi connectivity index (χ4n) is 3.25. The molecule has 1 amide bonds. The maximum atomic E-state index is 13.0. The molecule has 9 heteroatoms. The highest BCUT2D eigenvalue weighted by Crippen LogP contribution is 2.30. The molecular weight excluding hydrogens is 428 g/mol. The fraction of sp³-hybridized carbons (Fsp3) is 0.217. The quantitative estimate of drug-likeness (QED) is 0.459. The molecule has 0 atom stereocenters. The van der Waals surface area contributed by atoms with Gasteiger partial charge in [-0.2, -0.15) is 5.10 Å². The van der Waals surface area contributed by atoms with Crippen molar-refractivity contribution in [2.45, 2.75) is 20.4 Å². The van der Waals surface area contributed by atoms with Gasteiger partial charge in [0, 0.05) is 11.3 Å². The van der Waals surface area contributed by atoms with E-state index in [1.54, 1.807) is 31.4 Å². The van der Waals surface area contributed by atoms with Crippen LogP contribution in [0.2, 0.25) is 0 Å². The van der Waals surface area contributed by atoms with Gasteiger partial charge < -0.3 is 14.8 Å². The molecule has 164 valence electrons. The van der Waals surface area contributed by atoms with Crippen LogP contribution >= 0.6 is 11.3 Å². The Balaban J connectivity index is 1.65. The second-order valence-corrected chi connectivity index (χ2v) is 8.16. The van der Waals surface area contributed by atoms with E-state index in [1.165, 1.54) is 11.3 Å². The van der Waals surface area contributed by atoms with Crippen LogP contribution in [0.3, 0.4) is 0 Å². The van der Waals surface area contributed by atoms with E-state index in [0.29, 0.717) is 34.0 Å². The van der Waals surface area contributed by atoms with Crippen molar-refractivity contribution in [1.29, 1.82) is 0 Å². The largest absolute Gasteiger partial charge is 0.497 e. The van der Waals surface area contributed by atoms with Crippen molar-refractivity contribution < 1.29 is 14.3 Å². The SMILES string of the molecule is CCOc1ccc(NC(=O)Cn2nc(-c3ccc(OC)cc3)c3sc(C)nc3c2=O)cc1. The van der Waals surface area contributed by atoms with E-state index in [1.807, 2.05) is 38.1 Å². The van der Waals surface area contributed by atoms with Gasteiger partial charge in [-0.25, -0.2) is 9.67 Å². The summed E-state index contributed by atoms with van der Waals surface area (Å²) in [6.07, 6.45) is 0. The average molecular weight is 451 g/mol. The maximum absolute atomic E-state index is 13.0. The zero-order valence-electron chi connectivity index (χ0n) is 17.9. The lowest BCUT2D eigenvalue weighted by atomic mass is 10.1. The van der Waals surface area contributed by atoms with Crippen LogP contribution in [-0.2, 0) is 11.3 Å². The Labute approximate surface area is 188 Å². The summed E-state index contributed by atoms with van der Waals surface area (Å²) >= 11 is 1.40. The van der Waals surface area contributed by atoms with Crippen molar-refractivity contribution >= 4 is 33.1 Å². The standard InChI is InChI=1S/C23H22N4O4S/c1-4-31-18-11-7-16(8-12-18)25-19(28)13-27-23(29)21-22(32-14(2)24-21)20(26-27)15-5-9-17(30-3)10-6-15/h5-12H,4,13H2,1-3H3,(H,25,28). The molecule has 0 fully saturated rings. The summed E-state index contributed by atoms with van der Waals surface area (Å²) in [4.78, 5) is 30.0. The van der Waals surface area contributed by atoms with Crippen molar-refractivity contribution in [2.75, 3.05) is 19.0 Å². The molecule has 4 aromatic rings. The highest BCUT2D eigenvalue weighted by Gasteiger charge is 2.18. The number of aromatic nitrogens is 3. The van der Waals surface area contributed by atoms with Crippen molar-refractivity contribution in [1.82, 2.24) is 14.8 Å². The lowest BCUT2D eigenvalue weighted by Gasteiger charge is -2.10. The van der Waals surface area contributed by atoms with Gasteiger partial charge in [-0.15, -0.1) is 11.3 Å². The minimum absolute atomic E-state index is 0.234. The Morgan fingerprint density at radius 2 is 1.78 bits per heavy atom. The van der Waals surface area contributed by atoms with Gasteiger partial charge in [-0.1, -0.05) is 0 Å². The van der Waals surface area contributed by atoms with E-state index in [-0.39, 0.29) is 12.5 Å². The molecule has 4 rings (SSSR count). The van der Waals surface area contributed by atoms with E-state index >= 15 is 0 Å². The molecule has 0 unspecified atom stereocenters. The molecule has 8 nitrogen and oxygen atoms in total. The second kappa shape index (κ2) is 9.19. The lowest BCUT2D eigenvalue weighted by Crippen LogP contribution is -2.30. The summed E-state index contributed by atoms with van der Waals surface area (Å²) in [6.45, 7) is 4.07. The number of hydrogen-bond donors (Lipinski definition) is 1. The average Bonchev–Trinajstić information content (AvgIpc) is 3.19. The van der Waals surface area contributed by atoms with Gasteiger partial charge in [0.15, 0.2) is 5.52 Å². The number of aryl methyl sites for hydroxylation is 1. The molecule has 0 saturated carbocycles. The molecule has 0 bridgehead atoms. The number of ether oxygens (including phenoxy) is 2. The number of hydrogen-bond acceptors (Lipinski definition) is 7. The van der Waals surface area contributed by atoms with Crippen LogP contribution in [0.15, 0.2) is 53.3 Å². The number of nitrogens with one attached hydrogen (secondary N) is 1. The molecule has 0 aliphatic carbocycles. The predicted octanol–water partition coefficient (Wildman–Crippen LogP) is 3.87. The van der Waals surface area contributed by atoms with Gasteiger partial charge in [-0.3, -0.25) is 9.59 Å². The number of carbonyl (C=O) groups is 1. The monoisotopic (exact) mass is 450 g/mol. The van der Waals surface area contributed by atoms with E-state index in [9.17, 15) is 9.59 Å². The molecule has 0 radical (unpaired) electrons. The van der Waals surface area contributed by atoms with Crippen LogP contribution in [0.1, 0.15) is 11.9 Å². The van der Waals surface area contributed by atoms with Crippen LogP contribution in [0, 0.1) is 6.92 Å². The third kappa shape index (κ3) is 4.47. The van der Waals surface area contributed by atoms with Crippen LogP contribution < -0.4 is 20.3 Å². The summed E-state index contributed by atoms with van der Waals surface area (Å²) in [6, 6.07) is 14.4. The van der Waals surface area contributed by atoms with Crippen molar-refractivity contribution in [3.05, 3.63) is 63.9 Å². The third-order valence-electron chi connectivity index (χ3n) is 4.71. The summed E-state index contributed by atoms with van der Waals surface area (Å²) in [5.74, 6) is 1.07. The van der Waals surface area contributed by atoms with Gasteiger partial charge in [-0.05, 0) is 62.4 Å². The molecule has 0 aliphatic heterocycles. The summed E-state index contributed by atoms with van der Waals surface area (Å²) in [5, 5.41) is 8.05. The first kappa shape index (κ1) is 21.5. The first-order valence-electron chi connectivity index (χ1n) is 10.0. The number of methoxy groups -OCH3 is 1.